The molecule has 74 valence electrons. The zero-order valence-electron chi connectivity index (χ0n) is 7.94. The lowest BCUT2D eigenvalue weighted by atomic mass is 10.1. The Kier molecular flexibility index (Phi) is 1.50. The second-order valence-electron chi connectivity index (χ2n) is 4.18. The Morgan fingerprint density at radius 1 is 1.57 bits per heavy atom. The molecule has 1 aliphatic rings. The Hall–Kier alpha value is -1.29. The highest BCUT2D eigenvalue weighted by Crippen LogP contribution is 2.36. The van der Waals surface area contributed by atoms with Gasteiger partial charge in [0.2, 0.25) is 0 Å². The molecule has 0 bridgehead atoms. The normalized spacial score (nSPS) is 18.9. The van der Waals surface area contributed by atoms with Gasteiger partial charge in [0, 0.05) is 24.4 Å². The maximum absolute atomic E-state index is 6.00. The van der Waals surface area contributed by atoms with Crippen LogP contribution in [0.4, 0.5) is 0 Å². The minimum atomic E-state index is 0.106. The van der Waals surface area contributed by atoms with Crippen LogP contribution < -0.4 is 5.73 Å². The van der Waals surface area contributed by atoms with Crippen LogP contribution in [0.25, 0.3) is 5.84 Å². The fourth-order valence-electron chi connectivity index (χ4n) is 1.67. The molecular formula is C10H13N3O. The molecule has 2 heterocycles. The average molecular weight is 191 g/mol. The molecule has 1 saturated carbocycles. The van der Waals surface area contributed by atoms with Crippen molar-refractivity contribution in [3.8, 4) is 0 Å². The van der Waals surface area contributed by atoms with Crippen LogP contribution in [0, 0.1) is 0 Å². The lowest BCUT2D eigenvalue weighted by molar-refractivity contribution is 0.500. The van der Waals surface area contributed by atoms with E-state index in [1.54, 1.807) is 6.20 Å². The van der Waals surface area contributed by atoms with Crippen LogP contribution >= 0.6 is 0 Å². The summed E-state index contributed by atoms with van der Waals surface area (Å²) in [5, 5.41) is 0. The maximum atomic E-state index is 6.00. The quantitative estimate of drug-likeness (QED) is 0.796. The van der Waals surface area contributed by atoms with Gasteiger partial charge in [0.1, 0.15) is 5.76 Å². The summed E-state index contributed by atoms with van der Waals surface area (Å²) in [7, 11) is 0. The molecular weight excluding hydrogens is 178 g/mol. The number of aryl methyl sites for hydroxylation is 1. The largest absolute Gasteiger partial charge is 0.428 e. The standard InChI is InChI=1S/C10H13N3O/c11-10(3-4-10)2-1-8-7-13-6-5-12-9(13)14-8/h5-7H,1-4,11H2. The summed E-state index contributed by atoms with van der Waals surface area (Å²) in [5.41, 5.74) is 6.11. The zero-order valence-corrected chi connectivity index (χ0v) is 7.94. The predicted octanol–water partition coefficient (Wildman–Crippen LogP) is 1.35. The molecule has 0 aliphatic heterocycles. The molecule has 1 aliphatic carbocycles. The van der Waals surface area contributed by atoms with Crippen molar-refractivity contribution in [2.24, 2.45) is 5.73 Å². The molecule has 0 radical (unpaired) electrons. The lowest BCUT2D eigenvalue weighted by Gasteiger charge is -2.04. The van der Waals surface area contributed by atoms with Crippen molar-refractivity contribution in [3.05, 3.63) is 24.4 Å². The molecule has 0 atom stereocenters. The van der Waals surface area contributed by atoms with E-state index in [2.05, 4.69) is 4.98 Å². The second kappa shape index (κ2) is 2.60. The Labute approximate surface area is 81.7 Å². The van der Waals surface area contributed by atoms with E-state index in [1.165, 1.54) is 0 Å². The number of oxazole rings is 1. The van der Waals surface area contributed by atoms with Crippen LogP contribution in [0.5, 0.6) is 0 Å². The molecule has 4 nitrogen and oxygen atoms in total. The lowest BCUT2D eigenvalue weighted by Crippen LogP contribution is -2.21. The smallest absolute Gasteiger partial charge is 0.305 e. The van der Waals surface area contributed by atoms with Gasteiger partial charge >= 0.3 is 5.84 Å². The topological polar surface area (TPSA) is 56.5 Å². The van der Waals surface area contributed by atoms with Crippen LogP contribution in [0.2, 0.25) is 0 Å². The Balaban J connectivity index is 1.75. The highest BCUT2D eigenvalue weighted by atomic mass is 16.4. The summed E-state index contributed by atoms with van der Waals surface area (Å²) in [4.78, 5) is 4.06. The van der Waals surface area contributed by atoms with Crippen LogP contribution in [0.3, 0.4) is 0 Å². The van der Waals surface area contributed by atoms with E-state index in [-0.39, 0.29) is 5.54 Å². The van der Waals surface area contributed by atoms with E-state index >= 15 is 0 Å². The first-order valence-corrected chi connectivity index (χ1v) is 4.95. The van der Waals surface area contributed by atoms with Gasteiger partial charge in [-0.3, -0.25) is 4.40 Å². The fraction of sp³-hybridized carbons (Fsp3) is 0.500. The second-order valence-corrected chi connectivity index (χ2v) is 4.18. The number of hydrogen-bond acceptors (Lipinski definition) is 3. The van der Waals surface area contributed by atoms with Crippen molar-refractivity contribution in [3.63, 3.8) is 0 Å². The number of nitrogens with zero attached hydrogens (tertiary/aromatic N) is 2. The van der Waals surface area contributed by atoms with Gasteiger partial charge in [0.05, 0.1) is 6.20 Å². The molecule has 2 aromatic rings. The molecule has 0 spiro atoms. The van der Waals surface area contributed by atoms with E-state index in [0.29, 0.717) is 5.84 Å². The first-order valence-electron chi connectivity index (χ1n) is 4.95. The van der Waals surface area contributed by atoms with Gasteiger partial charge in [-0.05, 0) is 19.3 Å². The van der Waals surface area contributed by atoms with Gasteiger partial charge in [-0.25, -0.2) is 4.98 Å². The van der Waals surface area contributed by atoms with Crippen molar-refractivity contribution >= 4 is 5.84 Å². The first-order chi connectivity index (χ1) is 6.75. The van der Waals surface area contributed by atoms with Crippen LogP contribution in [0.1, 0.15) is 25.0 Å². The predicted molar refractivity (Wildman–Crippen MR) is 51.9 cm³/mol. The maximum Gasteiger partial charge on any atom is 0.305 e. The average Bonchev–Trinajstić information content (AvgIpc) is 2.61. The van der Waals surface area contributed by atoms with Crippen molar-refractivity contribution in [1.82, 2.24) is 9.38 Å². The highest BCUT2D eigenvalue weighted by molar-refractivity contribution is 5.24. The Morgan fingerprint density at radius 3 is 3.14 bits per heavy atom. The van der Waals surface area contributed by atoms with Gasteiger partial charge in [0.25, 0.3) is 0 Å². The Bertz CT molecular complexity index is 424. The third-order valence-corrected chi connectivity index (χ3v) is 2.90. The fourth-order valence-corrected chi connectivity index (χ4v) is 1.67. The summed E-state index contributed by atoms with van der Waals surface area (Å²) in [6.07, 6.45) is 9.85. The molecule has 4 heteroatoms. The minimum Gasteiger partial charge on any atom is -0.428 e. The summed E-state index contributed by atoms with van der Waals surface area (Å²) in [6, 6.07) is 0. The molecule has 2 N–H and O–H groups in total. The monoisotopic (exact) mass is 191 g/mol. The molecule has 0 amide bonds. The van der Waals surface area contributed by atoms with Gasteiger partial charge in [-0.15, -0.1) is 0 Å². The number of imidazole rings is 1. The van der Waals surface area contributed by atoms with Gasteiger partial charge in [0.15, 0.2) is 0 Å². The highest BCUT2D eigenvalue weighted by Gasteiger charge is 2.37. The molecule has 1 fully saturated rings. The molecule has 0 unspecified atom stereocenters. The van der Waals surface area contributed by atoms with Crippen molar-refractivity contribution in [2.45, 2.75) is 31.2 Å². The SMILES string of the molecule is NC1(CCc2cn3ccnc3o2)CC1. The number of aromatic nitrogens is 2. The number of fused-ring (bicyclic) bond motifs is 1. The molecule has 0 saturated heterocycles. The Morgan fingerprint density at radius 2 is 2.43 bits per heavy atom. The number of nitrogens with two attached hydrogens (primary N) is 1. The van der Waals surface area contributed by atoms with Crippen molar-refractivity contribution in [1.29, 1.82) is 0 Å². The van der Waals surface area contributed by atoms with Crippen LogP contribution in [0.15, 0.2) is 23.0 Å². The van der Waals surface area contributed by atoms with E-state index in [1.807, 2.05) is 16.8 Å². The third kappa shape index (κ3) is 1.32. The zero-order chi connectivity index (χ0) is 9.60. The summed E-state index contributed by atoms with van der Waals surface area (Å²) >= 11 is 0. The van der Waals surface area contributed by atoms with Crippen LogP contribution in [-0.4, -0.2) is 14.9 Å². The van der Waals surface area contributed by atoms with Gasteiger partial charge < -0.3 is 10.2 Å². The third-order valence-electron chi connectivity index (χ3n) is 2.90. The van der Waals surface area contributed by atoms with Crippen molar-refractivity contribution in [2.75, 3.05) is 0 Å². The van der Waals surface area contributed by atoms with Gasteiger partial charge in [-0.1, -0.05) is 0 Å². The van der Waals surface area contributed by atoms with Crippen molar-refractivity contribution < 1.29 is 4.42 Å². The molecule has 2 aromatic heterocycles. The number of rotatable bonds is 3. The van der Waals surface area contributed by atoms with E-state index < -0.39 is 0 Å². The first kappa shape index (κ1) is 8.05. The van der Waals surface area contributed by atoms with E-state index in [0.717, 1.165) is 31.4 Å². The molecule has 3 rings (SSSR count). The molecule has 0 aromatic carbocycles. The minimum absolute atomic E-state index is 0.106. The van der Waals surface area contributed by atoms with Gasteiger partial charge in [-0.2, -0.15) is 0 Å². The summed E-state index contributed by atoms with van der Waals surface area (Å²) in [6.45, 7) is 0. The number of hydrogen-bond donors (Lipinski definition) is 1. The summed E-state index contributed by atoms with van der Waals surface area (Å²) in [5.74, 6) is 1.65. The molecule has 14 heavy (non-hydrogen) atoms. The van der Waals surface area contributed by atoms with E-state index in [9.17, 15) is 0 Å². The van der Waals surface area contributed by atoms with Crippen LogP contribution in [-0.2, 0) is 6.42 Å². The van der Waals surface area contributed by atoms with E-state index in [4.69, 9.17) is 10.2 Å². The summed E-state index contributed by atoms with van der Waals surface area (Å²) < 4.78 is 7.42.